The minimum Gasteiger partial charge on any atom is -0.378 e. The highest BCUT2D eigenvalue weighted by atomic mass is 16.5. The molecule has 0 spiro atoms. The molecule has 0 bridgehead atoms. The van der Waals surface area contributed by atoms with Gasteiger partial charge in [-0.3, -0.25) is 9.48 Å². The Morgan fingerprint density at radius 2 is 2.16 bits per heavy atom. The first-order valence-electron chi connectivity index (χ1n) is 6.87. The number of fused-ring (bicyclic) bond motifs is 1. The fourth-order valence-corrected chi connectivity index (χ4v) is 2.64. The van der Waals surface area contributed by atoms with Crippen molar-refractivity contribution in [2.24, 2.45) is 5.92 Å². The molecule has 3 heterocycles. The number of carbonyl (C=O) groups is 1. The van der Waals surface area contributed by atoms with Gasteiger partial charge in [-0.2, -0.15) is 5.10 Å². The van der Waals surface area contributed by atoms with E-state index in [-0.39, 0.29) is 11.9 Å². The van der Waals surface area contributed by atoms with Crippen molar-refractivity contribution in [3.8, 4) is 0 Å². The van der Waals surface area contributed by atoms with Crippen LogP contribution < -0.4 is 10.2 Å². The van der Waals surface area contributed by atoms with Crippen molar-refractivity contribution in [2.45, 2.75) is 19.9 Å². The minimum absolute atomic E-state index is 0.0242. The van der Waals surface area contributed by atoms with Gasteiger partial charge in [0.05, 0.1) is 19.3 Å². The van der Waals surface area contributed by atoms with Gasteiger partial charge in [0.25, 0.3) is 5.91 Å². The highest BCUT2D eigenvalue weighted by Gasteiger charge is 2.30. The molecule has 1 aromatic heterocycles. The van der Waals surface area contributed by atoms with Gasteiger partial charge in [-0.25, -0.2) is 0 Å². The Kier molecular flexibility index (Phi) is 3.18. The largest absolute Gasteiger partial charge is 0.378 e. The zero-order chi connectivity index (χ0) is 13.4. The van der Waals surface area contributed by atoms with Crippen molar-refractivity contribution in [1.82, 2.24) is 15.1 Å². The number of aromatic nitrogens is 2. The van der Waals surface area contributed by atoms with Gasteiger partial charge >= 0.3 is 0 Å². The molecule has 3 rings (SSSR count). The van der Waals surface area contributed by atoms with Crippen LogP contribution in [-0.2, 0) is 4.74 Å². The maximum absolute atomic E-state index is 11.9. The zero-order valence-electron chi connectivity index (χ0n) is 11.4. The lowest BCUT2D eigenvalue weighted by Crippen LogP contribution is -2.41. The Morgan fingerprint density at radius 1 is 1.42 bits per heavy atom. The predicted molar refractivity (Wildman–Crippen MR) is 71.5 cm³/mol. The summed E-state index contributed by atoms with van der Waals surface area (Å²) in [6.07, 6.45) is 0. The van der Waals surface area contributed by atoms with Gasteiger partial charge in [0, 0.05) is 25.7 Å². The molecule has 0 aromatic carbocycles. The topological polar surface area (TPSA) is 59.4 Å². The first-order chi connectivity index (χ1) is 9.16. The zero-order valence-corrected chi connectivity index (χ0v) is 11.4. The summed E-state index contributed by atoms with van der Waals surface area (Å²) in [4.78, 5) is 14.1. The van der Waals surface area contributed by atoms with E-state index in [0.29, 0.717) is 18.2 Å². The van der Waals surface area contributed by atoms with E-state index in [1.807, 2.05) is 10.7 Å². The fraction of sp³-hybridized carbons (Fsp3) is 0.692. The molecule has 2 aliphatic heterocycles. The van der Waals surface area contributed by atoms with E-state index in [4.69, 9.17) is 4.74 Å². The van der Waals surface area contributed by atoms with Crippen LogP contribution in [0, 0.1) is 5.92 Å². The molecule has 1 fully saturated rings. The summed E-state index contributed by atoms with van der Waals surface area (Å²) in [5.74, 6) is 1.31. The molecule has 1 atom stereocenters. The number of hydrogen-bond donors (Lipinski definition) is 1. The standard InChI is InChI=1S/C13H20N4O2/c1-9(2)11-8-14-13(18)10-7-12(15-17(10)11)16-3-5-19-6-4-16/h7,9,11H,3-6,8H2,1-2H3,(H,14,18)/t11-/m0/s1. The third-order valence-electron chi connectivity index (χ3n) is 3.85. The smallest absolute Gasteiger partial charge is 0.269 e. The van der Waals surface area contributed by atoms with Crippen molar-refractivity contribution in [1.29, 1.82) is 0 Å². The van der Waals surface area contributed by atoms with Gasteiger partial charge in [-0.05, 0) is 5.92 Å². The van der Waals surface area contributed by atoms with E-state index in [9.17, 15) is 4.79 Å². The van der Waals surface area contributed by atoms with Crippen LogP contribution in [0.25, 0.3) is 0 Å². The molecule has 1 amide bonds. The molecular weight excluding hydrogens is 244 g/mol. The van der Waals surface area contributed by atoms with Crippen LogP contribution >= 0.6 is 0 Å². The van der Waals surface area contributed by atoms with Gasteiger partial charge in [0.1, 0.15) is 5.69 Å². The Morgan fingerprint density at radius 3 is 2.84 bits per heavy atom. The summed E-state index contributed by atoms with van der Waals surface area (Å²) >= 11 is 0. The van der Waals surface area contributed by atoms with Crippen molar-refractivity contribution in [3.63, 3.8) is 0 Å². The summed E-state index contributed by atoms with van der Waals surface area (Å²) < 4.78 is 7.25. The number of nitrogens with one attached hydrogen (secondary N) is 1. The summed E-state index contributed by atoms with van der Waals surface area (Å²) in [6, 6.07) is 2.14. The second kappa shape index (κ2) is 4.85. The Bertz CT molecular complexity index is 477. The number of ether oxygens (including phenoxy) is 1. The van der Waals surface area contributed by atoms with Crippen LogP contribution in [0.5, 0.6) is 0 Å². The Labute approximate surface area is 112 Å². The van der Waals surface area contributed by atoms with E-state index >= 15 is 0 Å². The second-order valence-electron chi connectivity index (χ2n) is 5.45. The maximum Gasteiger partial charge on any atom is 0.269 e. The number of morpholine rings is 1. The summed E-state index contributed by atoms with van der Waals surface area (Å²) in [6.45, 7) is 8.09. The highest BCUT2D eigenvalue weighted by molar-refractivity contribution is 5.94. The number of anilines is 1. The molecule has 1 aromatic rings. The molecule has 6 nitrogen and oxygen atoms in total. The van der Waals surface area contributed by atoms with E-state index in [1.165, 1.54) is 0 Å². The SMILES string of the molecule is CC(C)[C@@H]1CNC(=O)c2cc(N3CCOCC3)nn21. The lowest BCUT2D eigenvalue weighted by molar-refractivity contribution is 0.0897. The number of rotatable bonds is 2. The van der Waals surface area contributed by atoms with Crippen LogP contribution in [-0.4, -0.2) is 48.5 Å². The number of nitrogens with zero attached hydrogens (tertiary/aromatic N) is 3. The summed E-state index contributed by atoms with van der Waals surface area (Å²) in [7, 11) is 0. The highest BCUT2D eigenvalue weighted by Crippen LogP contribution is 2.26. The van der Waals surface area contributed by atoms with Crippen molar-refractivity contribution in [2.75, 3.05) is 37.7 Å². The molecule has 19 heavy (non-hydrogen) atoms. The van der Waals surface area contributed by atoms with E-state index in [0.717, 1.165) is 32.1 Å². The van der Waals surface area contributed by atoms with Crippen LogP contribution in [0.15, 0.2) is 6.07 Å². The van der Waals surface area contributed by atoms with E-state index in [2.05, 4.69) is 29.2 Å². The molecule has 6 heteroatoms. The van der Waals surface area contributed by atoms with E-state index in [1.54, 1.807) is 0 Å². The van der Waals surface area contributed by atoms with Crippen molar-refractivity contribution < 1.29 is 9.53 Å². The van der Waals surface area contributed by atoms with Crippen molar-refractivity contribution >= 4 is 11.7 Å². The lowest BCUT2D eigenvalue weighted by Gasteiger charge is -2.28. The summed E-state index contributed by atoms with van der Waals surface area (Å²) in [5.41, 5.74) is 0.673. The van der Waals surface area contributed by atoms with Gasteiger partial charge in [0.15, 0.2) is 5.82 Å². The van der Waals surface area contributed by atoms with Crippen LogP contribution in [0.3, 0.4) is 0 Å². The van der Waals surface area contributed by atoms with Gasteiger partial charge in [0.2, 0.25) is 0 Å². The number of amides is 1. The fourth-order valence-electron chi connectivity index (χ4n) is 2.64. The van der Waals surface area contributed by atoms with Gasteiger partial charge in [-0.1, -0.05) is 13.8 Å². The van der Waals surface area contributed by atoms with Crippen LogP contribution in [0.4, 0.5) is 5.82 Å². The monoisotopic (exact) mass is 264 g/mol. The first-order valence-corrected chi connectivity index (χ1v) is 6.87. The molecule has 0 radical (unpaired) electrons. The number of hydrogen-bond acceptors (Lipinski definition) is 4. The van der Waals surface area contributed by atoms with Crippen molar-refractivity contribution in [3.05, 3.63) is 11.8 Å². The summed E-state index contributed by atoms with van der Waals surface area (Å²) in [5, 5.41) is 7.60. The molecular formula is C13H20N4O2. The molecule has 1 N–H and O–H groups in total. The molecule has 1 saturated heterocycles. The Balaban J connectivity index is 1.93. The molecule has 0 aliphatic carbocycles. The molecule has 0 unspecified atom stereocenters. The third-order valence-corrected chi connectivity index (χ3v) is 3.85. The quantitative estimate of drug-likeness (QED) is 0.852. The minimum atomic E-state index is -0.0242. The Hall–Kier alpha value is -1.56. The van der Waals surface area contributed by atoms with Crippen LogP contribution in [0.2, 0.25) is 0 Å². The average Bonchev–Trinajstić information content (AvgIpc) is 2.85. The normalized spacial score (nSPS) is 23.4. The van der Waals surface area contributed by atoms with E-state index < -0.39 is 0 Å². The molecule has 2 aliphatic rings. The van der Waals surface area contributed by atoms with Gasteiger partial charge < -0.3 is 15.0 Å². The average molecular weight is 264 g/mol. The van der Waals surface area contributed by atoms with Crippen LogP contribution in [0.1, 0.15) is 30.4 Å². The third kappa shape index (κ3) is 2.20. The van der Waals surface area contributed by atoms with Gasteiger partial charge in [-0.15, -0.1) is 0 Å². The molecule has 104 valence electrons. The maximum atomic E-state index is 11.9. The first kappa shape index (κ1) is 12.5. The second-order valence-corrected chi connectivity index (χ2v) is 5.45. The predicted octanol–water partition coefficient (Wildman–Crippen LogP) is 0.660. The number of carbonyl (C=O) groups excluding carboxylic acids is 1. The lowest BCUT2D eigenvalue weighted by atomic mass is 10.0. The molecule has 0 saturated carbocycles.